The van der Waals surface area contributed by atoms with Crippen LogP contribution in [0.4, 0.5) is 0 Å². The maximum Gasteiger partial charge on any atom is 0.0288 e. The molecule has 0 amide bonds. The summed E-state index contributed by atoms with van der Waals surface area (Å²) in [5.74, 6) is 0. The molecule has 1 aromatic carbocycles. The number of hydrogen-bond donors (Lipinski definition) is 0. The minimum Gasteiger partial charge on any atom is -0.0876 e. The normalized spacial score (nSPS) is 10.8. The minimum absolute atomic E-state index is 0.961. The Morgan fingerprint density at radius 2 is 1.50 bits per heavy atom. The fourth-order valence-corrected chi connectivity index (χ4v) is 3.31. The van der Waals surface area contributed by atoms with Crippen molar-refractivity contribution >= 4 is 31.9 Å². The molecule has 0 aliphatic carbocycles. The summed E-state index contributed by atoms with van der Waals surface area (Å²) >= 11 is 7.21. The van der Waals surface area contributed by atoms with Gasteiger partial charge in [0.15, 0.2) is 0 Å². The Kier molecular flexibility index (Phi) is 6.67. The molecule has 0 saturated heterocycles. The van der Waals surface area contributed by atoms with Crippen molar-refractivity contribution in [1.29, 1.82) is 0 Å². The van der Waals surface area contributed by atoms with E-state index >= 15 is 0 Å². The van der Waals surface area contributed by atoms with Gasteiger partial charge < -0.3 is 0 Å². The van der Waals surface area contributed by atoms with E-state index in [1.165, 1.54) is 47.9 Å². The van der Waals surface area contributed by atoms with Gasteiger partial charge in [-0.1, -0.05) is 70.7 Å². The van der Waals surface area contributed by atoms with Crippen LogP contribution < -0.4 is 0 Å². The summed E-state index contributed by atoms with van der Waals surface area (Å²) in [6.45, 7) is 4.49. The van der Waals surface area contributed by atoms with E-state index in [1.807, 2.05) is 0 Å². The molecular weight excluding hydrogens is 328 g/mol. The van der Waals surface area contributed by atoms with Gasteiger partial charge in [0.25, 0.3) is 0 Å². The number of hydrogen-bond acceptors (Lipinski definition) is 0. The lowest BCUT2D eigenvalue weighted by Gasteiger charge is -2.14. The fraction of sp³-hybridized carbons (Fsp3) is 0.571. The van der Waals surface area contributed by atoms with Crippen molar-refractivity contribution < 1.29 is 0 Å². The fourth-order valence-electron chi connectivity index (χ4n) is 2.09. The van der Waals surface area contributed by atoms with Crippen LogP contribution in [0.15, 0.2) is 12.1 Å². The number of rotatable bonds is 6. The lowest BCUT2D eigenvalue weighted by molar-refractivity contribution is 0.883. The Morgan fingerprint density at radius 1 is 0.875 bits per heavy atom. The van der Waals surface area contributed by atoms with Crippen LogP contribution in [0.5, 0.6) is 0 Å². The van der Waals surface area contributed by atoms with E-state index < -0.39 is 0 Å². The SMILES string of the molecule is CCCc1cc(CBr)c(CBr)c(CCC)c1. The molecule has 0 radical (unpaired) electrons. The predicted molar refractivity (Wildman–Crippen MR) is 79.7 cm³/mol. The molecule has 0 unspecified atom stereocenters. The highest BCUT2D eigenvalue weighted by Crippen LogP contribution is 2.24. The quantitative estimate of drug-likeness (QED) is 0.606. The van der Waals surface area contributed by atoms with Crippen LogP contribution in [0.1, 0.15) is 48.9 Å². The van der Waals surface area contributed by atoms with Crippen LogP contribution in [0.3, 0.4) is 0 Å². The smallest absolute Gasteiger partial charge is 0.0288 e. The number of aryl methyl sites for hydroxylation is 2. The van der Waals surface area contributed by atoms with E-state index in [0.29, 0.717) is 0 Å². The summed E-state index contributed by atoms with van der Waals surface area (Å²) in [6, 6.07) is 4.75. The number of halogens is 2. The average Bonchev–Trinajstić information content (AvgIpc) is 2.29. The average molecular weight is 348 g/mol. The van der Waals surface area contributed by atoms with Crippen molar-refractivity contribution in [2.75, 3.05) is 0 Å². The molecule has 2 heteroatoms. The van der Waals surface area contributed by atoms with E-state index in [9.17, 15) is 0 Å². The van der Waals surface area contributed by atoms with Crippen LogP contribution in [0, 0.1) is 0 Å². The molecule has 0 atom stereocenters. The van der Waals surface area contributed by atoms with Gasteiger partial charge in [-0.2, -0.15) is 0 Å². The molecule has 0 spiro atoms. The molecule has 0 aliphatic rings. The maximum absolute atomic E-state index is 3.61. The van der Waals surface area contributed by atoms with E-state index in [1.54, 1.807) is 0 Å². The summed E-state index contributed by atoms with van der Waals surface area (Å²) < 4.78 is 0. The molecule has 16 heavy (non-hydrogen) atoms. The zero-order valence-corrected chi connectivity index (χ0v) is 13.3. The van der Waals surface area contributed by atoms with Crippen LogP contribution in [-0.4, -0.2) is 0 Å². The molecule has 90 valence electrons. The molecule has 0 saturated carbocycles. The Bertz CT molecular complexity index is 332. The van der Waals surface area contributed by atoms with Gasteiger partial charge in [0, 0.05) is 10.7 Å². The predicted octanol–water partition coefficient (Wildman–Crippen LogP) is 5.38. The molecule has 1 rings (SSSR count). The molecular formula is C14H20Br2. The topological polar surface area (TPSA) is 0 Å². The number of alkyl halides is 2. The van der Waals surface area contributed by atoms with Gasteiger partial charge in [0.05, 0.1) is 0 Å². The van der Waals surface area contributed by atoms with Crippen molar-refractivity contribution in [2.24, 2.45) is 0 Å². The van der Waals surface area contributed by atoms with Gasteiger partial charge in [-0.05, 0) is 35.1 Å². The lowest BCUT2D eigenvalue weighted by Crippen LogP contribution is -1.99. The Hall–Kier alpha value is 0.180. The molecule has 0 aliphatic heterocycles. The van der Waals surface area contributed by atoms with Crippen molar-refractivity contribution in [1.82, 2.24) is 0 Å². The first-order chi connectivity index (χ1) is 7.76. The van der Waals surface area contributed by atoms with Crippen LogP contribution in [0.25, 0.3) is 0 Å². The van der Waals surface area contributed by atoms with Crippen molar-refractivity contribution in [3.8, 4) is 0 Å². The standard InChI is InChI=1S/C14H20Br2/c1-3-5-11-7-12(6-4-2)14(10-16)13(8-11)9-15/h7-8H,3-6,9-10H2,1-2H3. The highest BCUT2D eigenvalue weighted by Gasteiger charge is 2.08. The first-order valence-corrected chi connectivity index (χ1v) is 8.26. The third-order valence-electron chi connectivity index (χ3n) is 2.83. The largest absolute Gasteiger partial charge is 0.0876 e. The molecule has 1 aromatic rings. The first kappa shape index (κ1) is 14.2. The summed E-state index contributed by atoms with van der Waals surface area (Å²) in [5, 5.41) is 1.93. The Balaban J connectivity index is 3.14. The van der Waals surface area contributed by atoms with E-state index in [2.05, 4.69) is 57.8 Å². The zero-order valence-electron chi connectivity index (χ0n) is 10.2. The highest BCUT2D eigenvalue weighted by molar-refractivity contribution is 9.09. The number of benzene rings is 1. The van der Waals surface area contributed by atoms with Gasteiger partial charge in [0.1, 0.15) is 0 Å². The third kappa shape index (κ3) is 3.59. The second-order valence-corrected chi connectivity index (χ2v) is 5.28. The van der Waals surface area contributed by atoms with E-state index in [0.717, 1.165) is 10.7 Å². The highest BCUT2D eigenvalue weighted by atomic mass is 79.9. The molecule has 0 fully saturated rings. The lowest BCUT2D eigenvalue weighted by atomic mass is 9.95. The molecule has 0 N–H and O–H groups in total. The molecule has 0 nitrogen and oxygen atoms in total. The molecule has 0 aromatic heterocycles. The summed E-state index contributed by atoms with van der Waals surface area (Å²) in [7, 11) is 0. The van der Waals surface area contributed by atoms with Crippen LogP contribution in [-0.2, 0) is 23.5 Å². The van der Waals surface area contributed by atoms with E-state index in [-0.39, 0.29) is 0 Å². The van der Waals surface area contributed by atoms with E-state index in [4.69, 9.17) is 0 Å². The Labute approximate surface area is 116 Å². The Morgan fingerprint density at radius 3 is 2.00 bits per heavy atom. The van der Waals surface area contributed by atoms with Crippen molar-refractivity contribution in [2.45, 2.75) is 50.2 Å². The summed E-state index contributed by atoms with van der Waals surface area (Å²) in [6.07, 6.45) is 4.83. The van der Waals surface area contributed by atoms with Gasteiger partial charge in [-0.25, -0.2) is 0 Å². The van der Waals surface area contributed by atoms with Crippen molar-refractivity contribution in [3.05, 3.63) is 34.4 Å². The molecule has 0 heterocycles. The second-order valence-electron chi connectivity index (χ2n) is 4.16. The summed E-state index contributed by atoms with van der Waals surface area (Å²) in [5.41, 5.74) is 5.95. The van der Waals surface area contributed by atoms with Gasteiger partial charge in [-0.15, -0.1) is 0 Å². The first-order valence-electron chi connectivity index (χ1n) is 6.02. The van der Waals surface area contributed by atoms with Crippen LogP contribution >= 0.6 is 31.9 Å². The third-order valence-corrected chi connectivity index (χ3v) is 3.99. The van der Waals surface area contributed by atoms with Crippen LogP contribution in [0.2, 0.25) is 0 Å². The second kappa shape index (κ2) is 7.50. The van der Waals surface area contributed by atoms with Gasteiger partial charge in [0.2, 0.25) is 0 Å². The van der Waals surface area contributed by atoms with Crippen molar-refractivity contribution in [3.63, 3.8) is 0 Å². The van der Waals surface area contributed by atoms with Gasteiger partial charge in [-0.3, -0.25) is 0 Å². The molecule has 0 bridgehead atoms. The minimum atomic E-state index is 0.961. The maximum atomic E-state index is 3.61. The zero-order chi connectivity index (χ0) is 12.0. The van der Waals surface area contributed by atoms with Gasteiger partial charge >= 0.3 is 0 Å². The summed E-state index contributed by atoms with van der Waals surface area (Å²) in [4.78, 5) is 0. The monoisotopic (exact) mass is 346 g/mol.